The van der Waals surface area contributed by atoms with Crippen LogP contribution in [-0.2, 0) is 18.3 Å². The summed E-state index contributed by atoms with van der Waals surface area (Å²) in [5.41, 5.74) is 17.7. The number of phenols is 2. The number of nitrogen functional groups attached to an aromatic ring is 2. The molecule has 6 N–H and O–H groups in total. The first-order chi connectivity index (χ1) is 14.4. The van der Waals surface area contributed by atoms with Crippen molar-refractivity contribution in [2.24, 2.45) is 23.7 Å². The quantitative estimate of drug-likeness (QED) is 0.418. The van der Waals surface area contributed by atoms with Crippen molar-refractivity contribution in [3.8, 4) is 11.5 Å². The van der Waals surface area contributed by atoms with Crippen LogP contribution >= 0.6 is 0 Å². The molecule has 4 fully saturated rings. The van der Waals surface area contributed by atoms with Gasteiger partial charge in [-0.05, 0) is 103 Å². The molecule has 0 amide bonds. The van der Waals surface area contributed by atoms with Crippen molar-refractivity contribution in [3.63, 3.8) is 0 Å². The van der Waals surface area contributed by atoms with Gasteiger partial charge in [0.15, 0.2) is 0 Å². The molecule has 0 aliphatic heterocycles. The molecule has 160 valence electrons. The van der Waals surface area contributed by atoms with Gasteiger partial charge in [-0.1, -0.05) is 26.0 Å². The summed E-state index contributed by atoms with van der Waals surface area (Å²) in [7, 11) is 0. The van der Waals surface area contributed by atoms with Gasteiger partial charge in [-0.3, -0.25) is 0 Å². The number of aromatic hydroxyl groups is 2. The fourth-order valence-electron chi connectivity index (χ4n) is 7.49. The van der Waals surface area contributed by atoms with Gasteiger partial charge >= 0.3 is 0 Å². The van der Waals surface area contributed by atoms with E-state index in [4.69, 9.17) is 11.5 Å². The number of benzene rings is 2. The molecular formula is C26H34N2O2. The first kappa shape index (κ1) is 19.6. The Morgan fingerprint density at radius 3 is 1.50 bits per heavy atom. The summed E-state index contributed by atoms with van der Waals surface area (Å²) in [5, 5.41) is 21.0. The van der Waals surface area contributed by atoms with Crippen molar-refractivity contribution in [1.82, 2.24) is 0 Å². The molecule has 0 heterocycles. The third-order valence-corrected chi connectivity index (χ3v) is 8.58. The van der Waals surface area contributed by atoms with E-state index < -0.39 is 0 Å². The SMILES string of the molecule is CCc1cc(C2(c3cc(N)c(O)c(CC)c3)C3CC4CC(C3)CC2C4)cc(N)c1O. The molecule has 4 aliphatic rings. The zero-order valence-corrected chi connectivity index (χ0v) is 18.1. The summed E-state index contributed by atoms with van der Waals surface area (Å²) >= 11 is 0. The van der Waals surface area contributed by atoms with Gasteiger partial charge in [-0.25, -0.2) is 0 Å². The molecule has 2 aromatic rings. The maximum atomic E-state index is 10.5. The van der Waals surface area contributed by atoms with Crippen molar-refractivity contribution in [1.29, 1.82) is 0 Å². The van der Waals surface area contributed by atoms with E-state index in [0.717, 1.165) is 35.8 Å². The highest BCUT2D eigenvalue weighted by atomic mass is 16.3. The Bertz CT molecular complexity index is 908. The summed E-state index contributed by atoms with van der Waals surface area (Å²) in [6.45, 7) is 4.13. The normalized spacial score (nSPS) is 28.7. The molecular weight excluding hydrogens is 372 g/mol. The van der Waals surface area contributed by atoms with Crippen LogP contribution in [0.25, 0.3) is 0 Å². The lowest BCUT2D eigenvalue weighted by Gasteiger charge is -2.62. The molecule has 4 nitrogen and oxygen atoms in total. The maximum absolute atomic E-state index is 10.5. The van der Waals surface area contributed by atoms with Gasteiger partial charge < -0.3 is 21.7 Å². The van der Waals surface area contributed by atoms with Crippen molar-refractivity contribution in [3.05, 3.63) is 46.5 Å². The Labute approximate surface area is 179 Å². The van der Waals surface area contributed by atoms with Gasteiger partial charge in [0.25, 0.3) is 0 Å². The Kier molecular flexibility index (Phi) is 4.46. The Morgan fingerprint density at radius 1 is 0.733 bits per heavy atom. The number of hydrogen-bond donors (Lipinski definition) is 4. The largest absolute Gasteiger partial charge is 0.506 e. The molecule has 4 saturated carbocycles. The van der Waals surface area contributed by atoms with E-state index in [1.807, 2.05) is 12.1 Å². The first-order valence-electron chi connectivity index (χ1n) is 11.6. The second-order valence-corrected chi connectivity index (χ2v) is 10.0. The lowest BCUT2D eigenvalue weighted by atomic mass is 9.42. The van der Waals surface area contributed by atoms with Crippen LogP contribution in [0.4, 0.5) is 11.4 Å². The van der Waals surface area contributed by atoms with E-state index in [0.29, 0.717) is 23.2 Å². The second-order valence-electron chi connectivity index (χ2n) is 10.0. The van der Waals surface area contributed by atoms with E-state index in [-0.39, 0.29) is 16.9 Å². The smallest absolute Gasteiger partial charge is 0.141 e. The minimum absolute atomic E-state index is 0.148. The summed E-state index contributed by atoms with van der Waals surface area (Å²) in [5.74, 6) is 3.22. The molecule has 0 radical (unpaired) electrons. The highest BCUT2D eigenvalue weighted by Crippen LogP contribution is 2.66. The summed E-state index contributed by atoms with van der Waals surface area (Å²) < 4.78 is 0. The minimum Gasteiger partial charge on any atom is -0.506 e. The number of hydrogen-bond acceptors (Lipinski definition) is 4. The fourth-order valence-corrected chi connectivity index (χ4v) is 7.49. The van der Waals surface area contributed by atoms with Crippen LogP contribution in [0.1, 0.15) is 68.2 Å². The Morgan fingerprint density at radius 2 is 1.13 bits per heavy atom. The predicted molar refractivity (Wildman–Crippen MR) is 122 cm³/mol. The van der Waals surface area contributed by atoms with E-state index >= 15 is 0 Å². The van der Waals surface area contributed by atoms with Crippen molar-refractivity contribution >= 4 is 11.4 Å². The van der Waals surface area contributed by atoms with Gasteiger partial charge in [0.05, 0.1) is 11.4 Å². The van der Waals surface area contributed by atoms with Gasteiger partial charge in [-0.15, -0.1) is 0 Å². The topological polar surface area (TPSA) is 92.5 Å². The van der Waals surface area contributed by atoms with Gasteiger partial charge in [0.1, 0.15) is 11.5 Å². The van der Waals surface area contributed by atoms with E-state index in [1.165, 1.54) is 43.2 Å². The zero-order chi connectivity index (χ0) is 21.2. The lowest BCUT2D eigenvalue weighted by Crippen LogP contribution is -2.56. The van der Waals surface area contributed by atoms with Crippen molar-refractivity contribution in [2.75, 3.05) is 11.5 Å². The summed E-state index contributed by atoms with van der Waals surface area (Å²) in [6.07, 6.45) is 7.87. The molecule has 4 bridgehead atoms. The number of phenolic OH excluding ortho intramolecular Hbond substituents is 2. The summed E-state index contributed by atoms with van der Waals surface area (Å²) in [4.78, 5) is 0. The summed E-state index contributed by atoms with van der Waals surface area (Å²) in [6, 6.07) is 8.43. The maximum Gasteiger partial charge on any atom is 0.141 e. The molecule has 4 heteroatoms. The average Bonchev–Trinajstić information content (AvgIpc) is 2.72. The van der Waals surface area contributed by atoms with Gasteiger partial charge in [0.2, 0.25) is 0 Å². The van der Waals surface area contributed by atoms with Crippen molar-refractivity contribution in [2.45, 2.75) is 64.2 Å². The molecule has 0 saturated heterocycles. The molecule has 0 unspecified atom stereocenters. The number of nitrogens with two attached hydrogens (primary N) is 2. The number of anilines is 2. The van der Waals surface area contributed by atoms with Crippen LogP contribution < -0.4 is 11.5 Å². The first-order valence-corrected chi connectivity index (χ1v) is 11.6. The third kappa shape index (κ3) is 2.58. The predicted octanol–water partition coefficient (Wildman–Crippen LogP) is 5.13. The lowest BCUT2D eigenvalue weighted by molar-refractivity contribution is -0.0418. The van der Waals surface area contributed by atoms with Crippen LogP contribution in [0.15, 0.2) is 24.3 Å². The van der Waals surface area contributed by atoms with Gasteiger partial charge in [-0.2, -0.15) is 0 Å². The molecule has 4 aliphatic carbocycles. The molecule has 0 atom stereocenters. The monoisotopic (exact) mass is 406 g/mol. The molecule has 2 aromatic carbocycles. The highest BCUT2D eigenvalue weighted by Gasteiger charge is 2.58. The molecule has 0 aromatic heterocycles. The molecule has 0 spiro atoms. The van der Waals surface area contributed by atoms with Crippen LogP contribution in [0.3, 0.4) is 0 Å². The van der Waals surface area contributed by atoms with Crippen molar-refractivity contribution < 1.29 is 10.2 Å². The second kappa shape index (κ2) is 6.83. The van der Waals surface area contributed by atoms with Crippen LogP contribution in [0, 0.1) is 23.7 Å². The Hall–Kier alpha value is -2.36. The zero-order valence-electron chi connectivity index (χ0n) is 18.1. The molecule has 30 heavy (non-hydrogen) atoms. The van der Waals surface area contributed by atoms with Crippen LogP contribution in [0.5, 0.6) is 11.5 Å². The van der Waals surface area contributed by atoms with E-state index in [2.05, 4.69) is 26.0 Å². The fraction of sp³-hybridized carbons (Fsp3) is 0.538. The Balaban J connectivity index is 1.79. The number of aryl methyl sites for hydroxylation is 2. The van der Waals surface area contributed by atoms with E-state index in [9.17, 15) is 10.2 Å². The highest BCUT2D eigenvalue weighted by molar-refractivity contribution is 5.64. The van der Waals surface area contributed by atoms with Crippen LogP contribution in [-0.4, -0.2) is 10.2 Å². The average molecular weight is 407 g/mol. The van der Waals surface area contributed by atoms with E-state index in [1.54, 1.807) is 0 Å². The molecule has 6 rings (SSSR count). The standard InChI is InChI=1S/C26H34N2O2/c1-3-16-10-20(12-22(27)24(16)29)26(21-11-17(4-2)25(30)23(28)13-21)18-6-14-5-15(8-18)9-19(26)7-14/h10-15,18-19,29-30H,3-9,27-28H2,1-2H3. The number of rotatable bonds is 4. The minimum atomic E-state index is -0.148. The van der Waals surface area contributed by atoms with Crippen LogP contribution in [0.2, 0.25) is 0 Å². The van der Waals surface area contributed by atoms with Gasteiger partial charge in [0, 0.05) is 5.41 Å². The third-order valence-electron chi connectivity index (χ3n) is 8.58.